The van der Waals surface area contributed by atoms with Crippen molar-refractivity contribution in [3.8, 4) is 5.75 Å². The number of rotatable bonds is 3. The van der Waals surface area contributed by atoms with Crippen LogP contribution in [-0.4, -0.2) is 73.1 Å². The second-order valence-electron chi connectivity index (χ2n) is 9.26. The highest BCUT2D eigenvalue weighted by atomic mass is 16.5. The van der Waals surface area contributed by atoms with Gasteiger partial charge >= 0.3 is 0 Å². The third-order valence-electron chi connectivity index (χ3n) is 7.00. The third-order valence-corrected chi connectivity index (χ3v) is 7.00. The number of ether oxygens (including phenoxy) is 2. The number of benzene rings is 1. The van der Waals surface area contributed by atoms with E-state index in [1.54, 1.807) is 30.2 Å². The average Bonchev–Trinajstić information content (AvgIpc) is 2.86. The summed E-state index contributed by atoms with van der Waals surface area (Å²) in [6.07, 6.45) is 6.07. The highest BCUT2D eigenvalue weighted by Crippen LogP contribution is 2.38. The number of fused-ring (bicyclic) bond motifs is 9. The van der Waals surface area contributed by atoms with Gasteiger partial charge in [-0.1, -0.05) is 18.6 Å². The maximum atomic E-state index is 13.3. The molecule has 0 atom stereocenters. The highest BCUT2D eigenvalue weighted by molar-refractivity contribution is 5.97. The molecule has 3 aliphatic rings. The molecule has 182 valence electrons. The topological polar surface area (TPSA) is 91.9 Å². The van der Waals surface area contributed by atoms with Crippen LogP contribution in [0.2, 0.25) is 0 Å². The van der Waals surface area contributed by atoms with Crippen molar-refractivity contribution in [2.45, 2.75) is 32.1 Å². The Balaban J connectivity index is 1.58. The number of hydrogen-bond acceptors (Lipinski definition) is 5. The van der Waals surface area contributed by atoms with Crippen molar-refractivity contribution in [2.24, 2.45) is 5.41 Å². The van der Waals surface area contributed by atoms with Crippen LogP contribution in [0.1, 0.15) is 52.8 Å². The van der Waals surface area contributed by atoms with Gasteiger partial charge < -0.3 is 24.3 Å². The number of nitrogens with one attached hydrogen (secondary N) is 1. The molecule has 2 aromatic rings. The van der Waals surface area contributed by atoms with Crippen molar-refractivity contribution in [1.82, 2.24) is 14.8 Å². The molecular weight excluding hydrogens is 434 g/mol. The predicted octanol–water partition coefficient (Wildman–Crippen LogP) is 2.95. The van der Waals surface area contributed by atoms with Crippen molar-refractivity contribution < 1.29 is 19.1 Å². The molecule has 5 rings (SSSR count). The van der Waals surface area contributed by atoms with Crippen molar-refractivity contribution in [2.75, 3.05) is 46.5 Å². The molecule has 1 N–H and O–H groups in total. The lowest BCUT2D eigenvalue weighted by molar-refractivity contribution is 0.0136. The molecule has 2 amide bonds. The van der Waals surface area contributed by atoms with E-state index in [2.05, 4.69) is 4.98 Å². The molecule has 1 aromatic carbocycles. The molecule has 0 spiro atoms. The van der Waals surface area contributed by atoms with Gasteiger partial charge in [0.15, 0.2) is 0 Å². The zero-order valence-electron chi connectivity index (χ0n) is 19.8. The van der Waals surface area contributed by atoms with E-state index < -0.39 is 0 Å². The number of H-pyrrole nitrogens is 1. The first kappa shape index (κ1) is 24.0. The number of amides is 2. The quantitative estimate of drug-likeness (QED) is 0.749. The lowest BCUT2D eigenvalue weighted by Gasteiger charge is -2.41. The maximum Gasteiger partial charge on any atom is 0.257 e. The maximum absolute atomic E-state index is 13.3. The molecule has 8 heteroatoms. The fraction of sp³-hybridized carbons (Fsp3) is 0.500. The third kappa shape index (κ3) is 5.50. The number of para-hydroxylation sites is 1. The lowest BCUT2D eigenvalue weighted by Crippen LogP contribution is -2.45. The second-order valence-corrected chi connectivity index (χ2v) is 9.26. The summed E-state index contributed by atoms with van der Waals surface area (Å²) in [6.45, 7) is 3.33. The van der Waals surface area contributed by atoms with Gasteiger partial charge in [0, 0.05) is 39.0 Å². The van der Waals surface area contributed by atoms with Crippen molar-refractivity contribution in [3.63, 3.8) is 0 Å². The number of carbonyl (C=O) groups is 2. The average molecular weight is 468 g/mol. The number of carbonyl (C=O) groups excluding carboxylic acids is 2. The normalized spacial score (nSPS) is 19.0. The molecule has 2 bridgehead atoms. The van der Waals surface area contributed by atoms with Crippen LogP contribution in [0.15, 0.2) is 47.4 Å². The Bertz CT molecular complexity index is 1040. The molecule has 0 saturated carbocycles. The van der Waals surface area contributed by atoms with Gasteiger partial charge in [-0.15, -0.1) is 0 Å². The lowest BCUT2D eigenvalue weighted by atomic mass is 9.75. The van der Waals surface area contributed by atoms with Gasteiger partial charge in [0.05, 0.1) is 24.3 Å². The van der Waals surface area contributed by atoms with Gasteiger partial charge in [0.1, 0.15) is 12.4 Å². The number of aromatic nitrogens is 1. The molecule has 0 unspecified atom stereocenters. The van der Waals surface area contributed by atoms with Gasteiger partial charge in [-0.05, 0) is 49.3 Å². The standard InChI is InChI=1S/C26H33N3O5/c1-33-19-26-10-4-5-13-28(24(31)20-8-9-23(30)27-18-20)16-17-34-22-7-3-2-6-21(22)25(32)29(14-11-26)15-12-26/h2-3,6-9,18H,4-5,10-17,19H2,1H3,(H,27,30). The Labute approximate surface area is 199 Å². The monoisotopic (exact) mass is 467 g/mol. The summed E-state index contributed by atoms with van der Waals surface area (Å²) in [5.41, 5.74) is 0.799. The van der Waals surface area contributed by atoms with Gasteiger partial charge in [0.25, 0.3) is 11.8 Å². The van der Waals surface area contributed by atoms with Crippen LogP contribution in [0.4, 0.5) is 0 Å². The number of hydrogen-bond donors (Lipinski definition) is 1. The fourth-order valence-corrected chi connectivity index (χ4v) is 5.01. The van der Waals surface area contributed by atoms with Gasteiger partial charge in [-0.3, -0.25) is 14.4 Å². The van der Waals surface area contributed by atoms with Crippen LogP contribution >= 0.6 is 0 Å². The van der Waals surface area contributed by atoms with Crippen LogP contribution in [-0.2, 0) is 4.74 Å². The van der Waals surface area contributed by atoms with E-state index in [-0.39, 0.29) is 29.4 Å². The summed E-state index contributed by atoms with van der Waals surface area (Å²) >= 11 is 0. The molecule has 4 heterocycles. The summed E-state index contributed by atoms with van der Waals surface area (Å²) in [7, 11) is 1.74. The Morgan fingerprint density at radius 2 is 1.82 bits per heavy atom. The van der Waals surface area contributed by atoms with Crippen molar-refractivity contribution in [1.29, 1.82) is 0 Å². The molecule has 8 nitrogen and oxygen atoms in total. The second kappa shape index (κ2) is 10.9. The van der Waals surface area contributed by atoms with E-state index in [0.717, 1.165) is 32.1 Å². The van der Waals surface area contributed by atoms with E-state index in [1.165, 1.54) is 12.3 Å². The zero-order valence-corrected chi connectivity index (χ0v) is 19.8. The number of methoxy groups -OCH3 is 1. The highest BCUT2D eigenvalue weighted by Gasteiger charge is 2.36. The number of nitrogens with zero attached hydrogens (tertiary/aromatic N) is 2. The molecule has 34 heavy (non-hydrogen) atoms. The van der Waals surface area contributed by atoms with Crippen LogP contribution in [0.3, 0.4) is 0 Å². The van der Waals surface area contributed by atoms with Crippen LogP contribution in [0.25, 0.3) is 0 Å². The fourth-order valence-electron chi connectivity index (χ4n) is 5.01. The van der Waals surface area contributed by atoms with E-state index >= 15 is 0 Å². The van der Waals surface area contributed by atoms with Crippen molar-refractivity contribution in [3.05, 3.63) is 64.1 Å². The van der Waals surface area contributed by atoms with E-state index in [0.29, 0.717) is 49.7 Å². The number of aromatic amines is 1. The Morgan fingerprint density at radius 3 is 2.56 bits per heavy atom. The SMILES string of the molecule is COCC12CCCCN(C(=O)c3ccc(=O)[nH]c3)CCOc3ccccc3C(=O)N(CC1)CC2. The van der Waals surface area contributed by atoms with Crippen molar-refractivity contribution >= 4 is 11.8 Å². The van der Waals surface area contributed by atoms with Gasteiger partial charge in [-0.2, -0.15) is 0 Å². The van der Waals surface area contributed by atoms with E-state index in [9.17, 15) is 14.4 Å². The summed E-state index contributed by atoms with van der Waals surface area (Å²) in [6, 6.07) is 10.2. The van der Waals surface area contributed by atoms with E-state index in [4.69, 9.17) is 9.47 Å². The summed E-state index contributed by atoms with van der Waals surface area (Å²) in [5, 5.41) is 0. The van der Waals surface area contributed by atoms with Crippen LogP contribution in [0.5, 0.6) is 5.75 Å². The molecular formula is C26H33N3O5. The first-order chi connectivity index (χ1) is 16.5. The number of pyridine rings is 1. The van der Waals surface area contributed by atoms with Gasteiger partial charge in [0.2, 0.25) is 5.56 Å². The minimum absolute atomic E-state index is 0.0161. The summed E-state index contributed by atoms with van der Waals surface area (Å²) in [4.78, 5) is 44.1. The zero-order chi connectivity index (χ0) is 24.0. The largest absolute Gasteiger partial charge is 0.491 e. The van der Waals surface area contributed by atoms with E-state index in [1.807, 2.05) is 17.0 Å². The van der Waals surface area contributed by atoms with Crippen LogP contribution < -0.4 is 10.3 Å². The van der Waals surface area contributed by atoms with Gasteiger partial charge in [-0.25, -0.2) is 0 Å². The van der Waals surface area contributed by atoms with Crippen LogP contribution in [0, 0.1) is 5.41 Å². The Kier molecular flexibility index (Phi) is 7.67. The Hall–Kier alpha value is -3.13. The molecule has 1 fully saturated rings. The molecule has 1 aromatic heterocycles. The first-order valence-corrected chi connectivity index (χ1v) is 12.0. The Morgan fingerprint density at radius 1 is 1.03 bits per heavy atom. The first-order valence-electron chi connectivity index (χ1n) is 12.0. The summed E-state index contributed by atoms with van der Waals surface area (Å²) < 4.78 is 11.6. The molecule has 0 aliphatic carbocycles. The smallest absolute Gasteiger partial charge is 0.257 e. The predicted molar refractivity (Wildman–Crippen MR) is 128 cm³/mol. The minimum Gasteiger partial charge on any atom is -0.491 e. The molecule has 0 radical (unpaired) electrons. The summed E-state index contributed by atoms with van der Waals surface area (Å²) in [5.74, 6) is 0.373. The molecule has 3 aliphatic heterocycles. The molecule has 1 saturated heterocycles. The minimum atomic E-state index is -0.243. The number of piperidine rings is 1.